The zero-order valence-electron chi connectivity index (χ0n) is 23.3. The first-order chi connectivity index (χ1) is 18.1. The second-order valence-electron chi connectivity index (χ2n) is 11.9. The van der Waals surface area contributed by atoms with Gasteiger partial charge in [-0.2, -0.15) is 0 Å². The summed E-state index contributed by atoms with van der Waals surface area (Å²) in [6.07, 6.45) is 8.85. The van der Waals surface area contributed by atoms with Crippen molar-refractivity contribution in [2.45, 2.75) is 76.9 Å². The molecular formula is C33H45F2N3. The molecule has 1 atom stereocenters. The Morgan fingerprint density at radius 2 is 1.66 bits per heavy atom. The number of likely N-dealkylation sites (tertiary alicyclic amines) is 2. The van der Waals surface area contributed by atoms with Crippen molar-refractivity contribution in [2.24, 2.45) is 11.7 Å². The lowest BCUT2D eigenvalue weighted by molar-refractivity contribution is 0.0938. The van der Waals surface area contributed by atoms with Crippen molar-refractivity contribution in [3.63, 3.8) is 0 Å². The van der Waals surface area contributed by atoms with Crippen LogP contribution in [0.4, 0.5) is 8.78 Å². The van der Waals surface area contributed by atoms with Crippen LogP contribution in [0.15, 0.2) is 61.3 Å². The van der Waals surface area contributed by atoms with Gasteiger partial charge in [-0.25, -0.2) is 8.78 Å². The first-order valence-electron chi connectivity index (χ1n) is 14.3. The van der Waals surface area contributed by atoms with E-state index in [-0.39, 0.29) is 11.9 Å². The van der Waals surface area contributed by atoms with Crippen molar-refractivity contribution >= 4 is 5.70 Å². The Labute approximate surface area is 228 Å². The fraction of sp³-hybridized carbons (Fsp3) is 0.515. The molecule has 0 bridgehead atoms. The van der Waals surface area contributed by atoms with E-state index in [1.54, 1.807) is 19.9 Å². The fourth-order valence-corrected chi connectivity index (χ4v) is 6.15. The Hall–Kier alpha value is -2.66. The normalized spacial score (nSPS) is 19.5. The second-order valence-corrected chi connectivity index (χ2v) is 11.9. The van der Waals surface area contributed by atoms with Crippen molar-refractivity contribution in [1.29, 1.82) is 0 Å². The van der Waals surface area contributed by atoms with Crippen molar-refractivity contribution in [3.8, 4) is 11.1 Å². The molecule has 0 aromatic heterocycles. The van der Waals surface area contributed by atoms with Gasteiger partial charge in [0.1, 0.15) is 11.5 Å². The van der Waals surface area contributed by atoms with E-state index in [1.165, 1.54) is 24.8 Å². The van der Waals surface area contributed by atoms with Crippen LogP contribution in [0.5, 0.6) is 0 Å². The highest BCUT2D eigenvalue weighted by Gasteiger charge is 2.27. The summed E-state index contributed by atoms with van der Waals surface area (Å²) in [5.41, 5.74) is 9.93. The number of alkyl halides is 1. The number of hydrogen-bond acceptors (Lipinski definition) is 3. The van der Waals surface area contributed by atoms with Crippen LogP contribution < -0.4 is 5.73 Å². The molecular weight excluding hydrogens is 476 g/mol. The molecule has 5 heteroatoms. The van der Waals surface area contributed by atoms with Crippen LogP contribution in [-0.2, 0) is 6.42 Å². The summed E-state index contributed by atoms with van der Waals surface area (Å²) in [5, 5.41) is 0. The van der Waals surface area contributed by atoms with Crippen LogP contribution in [-0.4, -0.2) is 47.7 Å². The predicted octanol–water partition coefficient (Wildman–Crippen LogP) is 7.57. The molecule has 0 spiro atoms. The van der Waals surface area contributed by atoms with Gasteiger partial charge in [-0.05, 0) is 107 Å². The van der Waals surface area contributed by atoms with Crippen molar-refractivity contribution in [3.05, 3.63) is 78.3 Å². The lowest BCUT2D eigenvalue weighted by Crippen LogP contribution is -2.41. The molecule has 1 unspecified atom stereocenters. The van der Waals surface area contributed by atoms with Crippen molar-refractivity contribution in [1.82, 2.24) is 9.80 Å². The Balaban J connectivity index is 1.29. The Kier molecular flexibility index (Phi) is 9.30. The Morgan fingerprint density at radius 3 is 2.29 bits per heavy atom. The molecule has 2 fully saturated rings. The topological polar surface area (TPSA) is 32.5 Å². The van der Waals surface area contributed by atoms with E-state index < -0.39 is 5.67 Å². The number of hydrogen-bond donors (Lipinski definition) is 1. The predicted molar refractivity (Wildman–Crippen MR) is 156 cm³/mol. The van der Waals surface area contributed by atoms with Gasteiger partial charge in [0.05, 0.1) is 6.04 Å². The fourth-order valence-electron chi connectivity index (χ4n) is 6.15. The smallest absolute Gasteiger partial charge is 0.133 e. The van der Waals surface area contributed by atoms with Gasteiger partial charge >= 0.3 is 0 Å². The molecule has 2 heterocycles. The first kappa shape index (κ1) is 28.4. The van der Waals surface area contributed by atoms with Gasteiger partial charge in [0.15, 0.2) is 0 Å². The van der Waals surface area contributed by atoms with Crippen LogP contribution in [0.25, 0.3) is 16.8 Å². The van der Waals surface area contributed by atoms with Crippen LogP contribution in [0.2, 0.25) is 0 Å². The Morgan fingerprint density at radius 1 is 0.974 bits per heavy atom. The summed E-state index contributed by atoms with van der Waals surface area (Å²) in [6, 6.07) is 14.0. The third-order valence-corrected chi connectivity index (χ3v) is 8.23. The van der Waals surface area contributed by atoms with E-state index in [0.717, 1.165) is 68.8 Å². The number of benzene rings is 2. The molecule has 0 radical (unpaired) electrons. The molecule has 38 heavy (non-hydrogen) atoms. The van der Waals surface area contributed by atoms with E-state index in [1.807, 2.05) is 12.1 Å². The third-order valence-electron chi connectivity index (χ3n) is 8.23. The molecule has 206 valence electrons. The van der Waals surface area contributed by atoms with Gasteiger partial charge < -0.3 is 15.5 Å². The van der Waals surface area contributed by atoms with Crippen molar-refractivity contribution < 1.29 is 8.78 Å². The van der Waals surface area contributed by atoms with E-state index in [0.29, 0.717) is 23.5 Å². The number of aryl methyl sites for hydroxylation is 1. The lowest BCUT2D eigenvalue weighted by Gasteiger charge is -2.39. The molecule has 2 N–H and O–H groups in total. The molecule has 2 saturated heterocycles. The summed E-state index contributed by atoms with van der Waals surface area (Å²) in [7, 11) is 0. The van der Waals surface area contributed by atoms with Crippen LogP contribution in [0, 0.1) is 11.7 Å². The van der Waals surface area contributed by atoms with Gasteiger partial charge in [-0.15, -0.1) is 0 Å². The van der Waals surface area contributed by atoms with Gasteiger partial charge in [0.2, 0.25) is 0 Å². The highest BCUT2D eigenvalue weighted by molar-refractivity contribution is 5.70. The summed E-state index contributed by atoms with van der Waals surface area (Å²) in [5.74, 6) is 0.484. The average Bonchev–Trinajstić information content (AvgIpc) is 2.89. The molecule has 3 nitrogen and oxygen atoms in total. The minimum absolute atomic E-state index is 0.0180. The monoisotopic (exact) mass is 521 g/mol. The summed E-state index contributed by atoms with van der Waals surface area (Å²) in [6.45, 7) is 14.8. The molecule has 0 saturated carbocycles. The highest BCUT2D eigenvalue weighted by Crippen LogP contribution is 2.32. The third kappa shape index (κ3) is 7.47. The summed E-state index contributed by atoms with van der Waals surface area (Å²) in [4.78, 5) is 4.37. The van der Waals surface area contributed by atoms with Crippen LogP contribution in [0.3, 0.4) is 0 Å². The highest BCUT2D eigenvalue weighted by atomic mass is 19.1. The Bertz CT molecular complexity index is 1090. The van der Waals surface area contributed by atoms with Gasteiger partial charge in [-0.3, -0.25) is 0 Å². The van der Waals surface area contributed by atoms with E-state index in [2.05, 4.69) is 47.2 Å². The molecule has 2 aromatic carbocycles. The SMILES string of the molecule is C=C(N)C1CCCCN1C(=C)c1ccc(-c2ccc(CCCC3CCN(CC(C)(C)F)CC3)cc2)cc1F. The largest absolute Gasteiger partial charge is 0.401 e. The van der Waals surface area contributed by atoms with Crippen LogP contribution in [0.1, 0.15) is 69.9 Å². The van der Waals surface area contributed by atoms with Crippen molar-refractivity contribution in [2.75, 3.05) is 26.2 Å². The summed E-state index contributed by atoms with van der Waals surface area (Å²) < 4.78 is 29.1. The minimum Gasteiger partial charge on any atom is -0.401 e. The molecule has 2 aliphatic heterocycles. The maximum Gasteiger partial charge on any atom is 0.133 e. The standard InChI is InChI=1S/C33H45F2N3/c1-24(36)32-10-5-6-19-38(32)25(2)30-16-15-29(22-31(30)34)28-13-11-26(12-14-28)8-7-9-27-17-20-37(21-18-27)23-33(3,4)35/h11-16,22,27,32H,1-2,5-10,17-21,23,36H2,3-4H3. The maximum atomic E-state index is 15.2. The molecule has 2 aliphatic rings. The average molecular weight is 522 g/mol. The van der Waals surface area contributed by atoms with E-state index >= 15 is 4.39 Å². The summed E-state index contributed by atoms with van der Waals surface area (Å²) >= 11 is 0. The van der Waals surface area contributed by atoms with E-state index in [4.69, 9.17) is 5.73 Å². The number of nitrogens with two attached hydrogens (primary N) is 1. The molecule has 2 aromatic rings. The van der Waals surface area contributed by atoms with Gasteiger partial charge in [0.25, 0.3) is 0 Å². The quantitative estimate of drug-likeness (QED) is 0.350. The first-order valence-corrected chi connectivity index (χ1v) is 14.3. The zero-order valence-corrected chi connectivity index (χ0v) is 23.3. The maximum absolute atomic E-state index is 15.2. The second kappa shape index (κ2) is 12.5. The number of nitrogens with zero attached hydrogens (tertiary/aromatic N) is 2. The molecule has 4 rings (SSSR count). The number of piperidine rings is 2. The minimum atomic E-state index is -1.11. The molecule has 0 amide bonds. The van der Waals surface area contributed by atoms with Gasteiger partial charge in [-0.1, -0.05) is 49.9 Å². The lowest BCUT2D eigenvalue weighted by atomic mass is 9.90. The number of halogens is 2. The number of rotatable bonds is 10. The van der Waals surface area contributed by atoms with E-state index in [9.17, 15) is 4.39 Å². The van der Waals surface area contributed by atoms with Gasteiger partial charge in [0, 0.05) is 30.0 Å². The van der Waals surface area contributed by atoms with Crippen LogP contribution >= 0.6 is 0 Å². The molecule has 0 aliphatic carbocycles. The zero-order chi connectivity index (χ0) is 27.3.